The normalized spacial score (nSPS) is 13.9. The van der Waals surface area contributed by atoms with E-state index >= 15 is 0 Å². The van der Waals surface area contributed by atoms with Crippen LogP contribution in [0, 0.1) is 0 Å². The zero-order valence-electron chi connectivity index (χ0n) is 34.4. The van der Waals surface area contributed by atoms with E-state index in [4.69, 9.17) is 6.85 Å². The minimum absolute atomic E-state index is 0.196. The minimum Gasteiger partial charge on any atom is -0.310 e. The Kier molecular flexibility index (Phi) is 6.55. The Morgan fingerprint density at radius 3 is 1.56 bits per heavy atom. The highest BCUT2D eigenvalue weighted by Gasteiger charge is 2.46. The van der Waals surface area contributed by atoms with Gasteiger partial charge in [0.05, 0.1) is 12.3 Å². The molecule has 54 heavy (non-hydrogen) atoms. The molecular weight excluding hydrogens is 651 g/mol. The topological polar surface area (TPSA) is 3.24 Å². The molecule has 0 radical (unpaired) electrons. The monoisotopic (exact) mass is 692 g/mol. The Morgan fingerprint density at radius 1 is 0.370 bits per heavy atom. The molecule has 0 heterocycles. The van der Waals surface area contributed by atoms with Crippen molar-refractivity contribution in [3.05, 3.63) is 247 Å². The molecule has 0 N–H and O–H groups in total. The van der Waals surface area contributed by atoms with Crippen LogP contribution in [0.15, 0.2) is 224 Å². The molecule has 0 aliphatic heterocycles. The largest absolute Gasteiger partial charge is 0.310 e. The first kappa shape index (κ1) is 26.8. The molecule has 1 heteroatoms. The number of hydrogen-bond donors (Lipinski definition) is 0. The molecule has 1 aliphatic carbocycles. The van der Waals surface area contributed by atoms with Crippen LogP contribution >= 0.6 is 0 Å². The van der Waals surface area contributed by atoms with E-state index in [2.05, 4.69) is 157 Å². The van der Waals surface area contributed by atoms with Crippen molar-refractivity contribution in [1.82, 2.24) is 0 Å². The van der Waals surface area contributed by atoms with Crippen molar-refractivity contribution in [3.63, 3.8) is 0 Å². The Balaban J connectivity index is 1.15. The fraction of sp³-hybridized carbons (Fsp3) is 0.0189. The highest BCUT2D eigenvalue weighted by Crippen LogP contribution is 2.57. The molecule has 0 amide bonds. The maximum atomic E-state index is 8.79. The molecule has 0 fully saturated rings. The van der Waals surface area contributed by atoms with Gasteiger partial charge in [-0.25, -0.2) is 0 Å². The van der Waals surface area contributed by atoms with E-state index in [9.17, 15) is 0 Å². The summed E-state index contributed by atoms with van der Waals surface area (Å²) < 4.78 is 42.5. The fourth-order valence-electron chi connectivity index (χ4n) is 8.56. The van der Waals surface area contributed by atoms with Gasteiger partial charge in [-0.3, -0.25) is 0 Å². The number of benzene rings is 9. The van der Waals surface area contributed by atoms with E-state index in [0.29, 0.717) is 5.56 Å². The van der Waals surface area contributed by atoms with E-state index in [0.717, 1.165) is 39.0 Å². The molecule has 9 aromatic carbocycles. The number of para-hydroxylation sites is 1. The van der Waals surface area contributed by atoms with Crippen molar-refractivity contribution in [1.29, 1.82) is 0 Å². The highest BCUT2D eigenvalue weighted by atomic mass is 15.1. The molecule has 10 rings (SSSR count). The first-order valence-electron chi connectivity index (χ1n) is 20.8. The number of anilines is 3. The van der Waals surface area contributed by atoms with Gasteiger partial charge in [0.2, 0.25) is 0 Å². The Labute approximate surface area is 324 Å². The molecule has 0 atom stereocenters. The predicted octanol–water partition coefficient (Wildman–Crippen LogP) is 14.0. The van der Waals surface area contributed by atoms with Gasteiger partial charge in [0.25, 0.3) is 0 Å². The summed E-state index contributed by atoms with van der Waals surface area (Å²) in [7, 11) is 0. The molecule has 0 saturated carbocycles. The fourth-order valence-corrected chi connectivity index (χ4v) is 8.56. The van der Waals surface area contributed by atoms with Gasteiger partial charge in [0.15, 0.2) is 0 Å². The van der Waals surface area contributed by atoms with E-state index in [1.165, 1.54) is 33.4 Å². The molecule has 0 spiro atoms. The lowest BCUT2D eigenvalue weighted by atomic mass is 9.67. The minimum atomic E-state index is -0.539. The standard InChI is InChI=1S/C53H37N/c1-5-17-38(18-6-1)46-28-15-19-40-20-16-29-47(52(40)46)39-31-33-44(34-32-39)54(43-25-11-4-12-26-43)45-35-36-49-48-27-13-14-30-50(48)53(51(49)37-45,41-21-7-2-8-22-41)42-23-9-3-10-24-42/h1-37H/i1D,5D,6D,17D,18D. The third-order valence-electron chi connectivity index (χ3n) is 10.8. The molecule has 1 nitrogen and oxygen atoms in total. The van der Waals surface area contributed by atoms with E-state index in [-0.39, 0.29) is 29.7 Å². The summed E-state index contributed by atoms with van der Waals surface area (Å²) in [6.45, 7) is 0. The van der Waals surface area contributed by atoms with Gasteiger partial charge in [0, 0.05) is 17.1 Å². The van der Waals surface area contributed by atoms with Crippen molar-refractivity contribution < 1.29 is 6.85 Å². The zero-order valence-corrected chi connectivity index (χ0v) is 29.4. The van der Waals surface area contributed by atoms with Crippen molar-refractivity contribution in [3.8, 4) is 33.4 Å². The van der Waals surface area contributed by atoms with Gasteiger partial charge in [0.1, 0.15) is 0 Å². The Bertz CT molecular complexity index is 2960. The number of fused-ring (bicyclic) bond motifs is 4. The first-order valence-corrected chi connectivity index (χ1v) is 18.3. The lowest BCUT2D eigenvalue weighted by molar-refractivity contribution is 0.768. The van der Waals surface area contributed by atoms with Crippen LogP contribution in [0.3, 0.4) is 0 Å². The van der Waals surface area contributed by atoms with Crippen molar-refractivity contribution >= 4 is 27.8 Å². The van der Waals surface area contributed by atoms with Crippen molar-refractivity contribution in [2.24, 2.45) is 0 Å². The molecule has 0 unspecified atom stereocenters. The molecule has 9 aromatic rings. The summed E-state index contributed by atoms with van der Waals surface area (Å²) in [6, 6.07) is 66.5. The van der Waals surface area contributed by atoms with Gasteiger partial charge in [-0.05, 0) is 103 Å². The maximum absolute atomic E-state index is 8.79. The summed E-state index contributed by atoms with van der Waals surface area (Å²) in [4.78, 5) is 2.30. The second kappa shape index (κ2) is 13.2. The van der Waals surface area contributed by atoms with Gasteiger partial charge in [-0.2, -0.15) is 0 Å². The molecule has 0 bridgehead atoms. The second-order valence-electron chi connectivity index (χ2n) is 13.7. The van der Waals surface area contributed by atoms with Gasteiger partial charge < -0.3 is 4.90 Å². The van der Waals surface area contributed by atoms with Crippen LogP contribution in [0.4, 0.5) is 17.1 Å². The summed E-state index contributed by atoms with van der Waals surface area (Å²) >= 11 is 0. The van der Waals surface area contributed by atoms with Gasteiger partial charge in [-0.1, -0.05) is 188 Å². The van der Waals surface area contributed by atoms with Gasteiger partial charge in [-0.15, -0.1) is 0 Å². The van der Waals surface area contributed by atoms with E-state index in [1.54, 1.807) is 0 Å². The lowest BCUT2D eigenvalue weighted by Crippen LogP contribution is -2.28. The van der Waals surface area contributed by atoms with Crippen molar-refractivity contribution in [2.75, 3.05) is 4.90 Å². The number of nitrogens with zero attached hydrogens (tertiary/aromatic N) is 1. The highest BCUT2D eigenvalue weighted by molar-refractivity contribution is 6.06. The van der Waals surface area contributed by atoms with Crippen LogP contribution < -0.4 is 4.90 Å². The lowest BCUT2D eigenvalue weighted by Gasteiger charge is -2.35. The Morgan fingerprint density at radius 2 is 0.889 bits per heavy atom. The Hall–Kier alpha value is -6.96. The van der Waals surface area contributed by atoms with Crippen LogP contribution in [-0.4, -0.2) is 0 Å². The summed E-state index contributed by atoms with van der Waals surface area (Å²) in [5.41, 5.74) is 12.5. The third kappa shape index (κ3) is 5.09. The SMILES string of the molecule is [2H]c1c([2H])c([2H])c(-c2cccc3cccc(-c4ccc(N(c5ccccc5)c5ccc6c(c5)C(c5ccccc5)(c5ccccc5)c5ccccc5-6)cc4)c23)c([2H])c1[2H]. The van der Waals surface area contributed by atoms with Crippen LogP contribution in [0.2, 0.25) is 0 Å². The van der Waals surface area contributed by atoms with E-state index in [1.807, 2.05) is 42.5 Å². The average molecular weight is 693 g/mol. The maximum Gasteiger partial charge on any atom is 0.0714 e. The van der Waals surface area contributed by atoms with Crippen LogP contribution in [0.5, 0.6) is 0 Å². The smallest absolute Gasteiger partial charge is 0.0714 e. The quantitative estimate of drug-likeness (QED) is 0.161. The first-order chi connectivity index (χ1) is 28.9. The van der Waals surface area contributed by atoms with Crippen molar-refractivity contribution in [2.45, 2.75) is 5.41 Å². The van der Waals surface area contributed by atoms with Crippen LogP contribution in [0.1, 0.15) is 29.1 Å². The number of hydrogen-bond acceptors (Lipinski definition) is 1. The second-order valence-corrected chi connectivity index (χ2v) is 13.7. The number of rotatable bonds is 7. The molecule has 0 aromatic heterocycles. The van der Waals surface area contributed by atoms with Crippen LogP contribution in [-0.2, 0) is 5.41 Å². The molecule has 1 aliphatic rings. The zero-order chi connectivity index (χ0) is 40.3. The predicted molar refractivity (Wildman–Crippen MR) is 227 cm³/mol. The summed E-state index contributed by atoms with van der Waals surface area (Å²) in [6.07, 6.45) is 0. The van der Waals surface area contributed by atoms with Gasteiger partial charge >= 0.3 is 0 Å². The average Bonchev–Trinajstić information content (AvgIpc) is 3.59. The summed E-state index contributed by atoms with van der Waals surface area (Å²) in [5.74, 6) is 0. The van der Waals surface area contributed by atoms with Crippen LogP contribution in [0.25, 0.3) is 44.2 Å². The third-order valence-corrected chi connectivity index (χ3v) is 10.8. The van der Waals surface area contributed by atoms with E-state index < -0.39 is 11.5 Å². The molecule has 0 saturated heterocycles. The summed E-state index contributed by atoms with van der Waals surface area (Å²) in [5, 5.41) is 1.75. The molecular formula is C53H37N. The molecule has 254 valence electrons.